The van der Waals surface area contributed by atoms with E-state index in [1.807, 2.05) is 0 Å². The van der Waals surface area contributed by atoms with E-state index in [9.17, 15) is 9.59 Å². The maximum atomic E-state index is 11.7. The van der Waals surface area contributed by atoms with Gasteiger partial charge in [0.1, 0.15) is 0 Å². The normalized spacial score (nSPS) is 8.83. The number of aromatic nitrogens is 2. The quantitative estimate of drug-likeness (QED) is 0.291. The largest absolute Gasteiger partial charge is 0.352 e. The van der Waals surface area contributed by atoms with Crippen molar-refractivity contribution in [3.8, 4) is 0 Å². The molecule has 0 saturated carbocycles. The molecule has 2 heterocycles. The molecule has 29 heavy (non-hydrogen) atoms. The first kappa shape index (κ1) is 24.6. The molecule has 156 valence electrons. The summed E-state index contributed by atoms with van der Waals surface area (Å²) in [5, 5.41) is 32.8. The molecule has 14 nitrogen and oxygen atoms in total. The third-order valence-electron chi connectivity index (χ3n) is 2.77. The molecule has 14 heteroatoms. The van der Waals surface area contributed by atoms with Gasteiger partial charge in [0.25, 0.3) is 22.0 Å². The Hall–Kier alpha value is -4.36. The van der Waals surface area contributed by atoms with Gasteiger partial charge >= 0.3 is 0 Å². The first-order chi connectivity index (χ1) is 13.7. The average Bonchev–Trinajstić information content (AvgIpc) is 2.68. The van der Waals surface area contributed by atoms with E-state index in [-0.39, 0.29) is 11.8 Å². The van der Waals surface area contributed by atoms with Gasteiger partial charge in [0.05, 0.1) is 11.1 Å². The van der Waals surface area contributed by atoms with Crippen molar-refractivity contribution in [2.24, 2.45) is 0 Å². The second kappa shape index (κ2) is 14.8. The minimum atomic E-state index is -1.50. The van der Waals surface area contributed by atoms with E-state index in [2.05, 4.69) is 20.6 Å². The van der Waals surface area contributed by atoms with Crippen molar-refractivity contribution in [3.05, 3.63) is 80.4 Å². The Kier molecular flexibility index (Phi) is 12.6. The summed E-state index contributed by atoms with van der Waals surface area (Å²) in [7, 11) is 0. The Bertz CT molecular complexity index is 701. The maximum Gasteiger partial charge on any atom is 0.291 e. The molecule has 2 aromatic heterocycles. The Morgan fingerprint density at radius 1 is 0.862 bits per heavy atom. The summed E-state index contributed by atoms with van der Waals surface area (Å²) < 4.78 is 0. The Labute approximate surface area is 163 Å². The molecule has 4 N–H and O–H groups in total. The molecular formula is C15H18N6O8. The number of hydrogen-bond donors (Lipinski definition) is 4. The number of amides is 2. The van der Waals surface area contributed by atoms with Crippen LogP contribution in [0.1, 0.15) is 27.1 Å². The molecule has 0 aliphatic heterocycles. The van der Waals surface area contributed by atoms with Crippen molar-refractivity contribution >= 4 is 11.8 Å². The average molecular weight is 410 g/mol. The van der Waals surface area contributed by atoms with Crippen molar-refractivity contribution in [3.63, 3.8) is 0 Å². The molecular weight excluding hydrogens is 392 g/mol. The Morgan fingerprint density at radius 2 is 1.21 bits per heavy atom. The second-order valence-corrected chi connectivity index (χ2v) is 4.82. The van der Waals surface area contributed by atoms with Gasteiger partial charge in [0.2, 0.25) is 0 Å². The van der Waals surface area contributed by atoms with Gasteiger partial charge in [0, 0.05) is 37.9 Å². The first-order valence-electron chi connectivity index (χ1n) is 7.77. The number of carbonyl (C=O) groups excluding carboxylic acids is 2. The van der Waals surface area contributed by atoms with Crippen LogP contribution in [0.15, 0.2) is 49.1 Å². The molecule has 0 fully saturated rings. The highest BCUT2D eigenvalue weighted by Crippen LogP contribution is 1.96. The highest BCUT2D eigenvalue weighted by molar-refractivity contribution is 5.94. The smallest absolute Gasteiger partial charge is 0.291 e. The van der Waals surface area contributed by atoms with Crippen LogP contribution < -0.4 is 10.6 Å². The van der Waals surface area contributed by atoms with Crippen LogP contribution >= 0.6 is 0 Å². The third kappa shape index (κ3) is 14.5. The van der Waals surface area contributed by atoms with Crippen LogP contribution in [-0.4, -0.2) is 55.5 Å². The zero-order valence-electron chi connectivity index (χ0n) is 14.9. The SMILES string of the molecule is O=C(NCCCNC(=O)c1cccnc1)c1cccnc1.O=[N+]([O-])O.O=[N+]([O-])O. The number of carbonyl (C=O) groups is 2. The van der Waals surface area contributed by atoms with E-state index < -0.39 is 10.2 Å². The summed E-state index contributed by atoms with van der Waals surface area (Å²) in [5.74, 6) is -0.330. The maximum absolute atomic E-state index is 11.7. The summed E-state index contributed by atoms with van der Waals surface area (Å²) in [6, 6.07) is 6.82. The van der Waals surface area contributed by atoms with Crippen molar-refractivity contribution in [2.45, 2.75) is 6.42 Å². The van der Waals surface area contributed by atoms with Crippen LogP contribution in [0.2, 0.25) is 0 Å². The predicted octanol–water partition coefficient (Wildman–Crippen LogP) is 0.331. The number of rotatable bonds is 6. The molecule has 2 aromatic rings. The number of nitrogens with one attached hydrogen (secondary N) is 2. The van der Waals surface area contributed by atoms with Crippen LogP contribution in [0.25, 0.3) is 0 Å². The van der Waals surface area contributed by atoms with Gasteiger partial charge in [-0.15, -0.1) is 20.2 Å². The van der Waals surface area contributed by atoms with Crippen LogP contribution in [0.5, 0.6) is 0 Å². The standard InChI is InChI=1S/C15H16N4O2.2HNO3/c20-14(12-4-1-6-16-10-12)18-8-3-9-19-15(21)13-5-2-7-17-11-13;2*2-1(3)4/h1-2,4-7,10-11H,3,8-9H2,(H,18,20)(H,19,21);2*(H,2,3,4). The highest BCUT2D eigenvalue weighted by Gasteiger charge is 2.05. The van der Waals surface area contributed by atoms with Gasteiger partial charge in [0.15, 0.2) is 0 Å². The van der Waals surface area contributed by atoms with E-state index in [1.54, 1.807) is 36.7 Å². The highest BCUT2D eigenvalue weighted by atomic mass is 16.9. The first-order valence-corrected chi connectivity index (χ1v) is 7.77. The lowest BCUT2D eigenvalue weighted by Gasteiger charge is -2.06. The zero-order valence-corrected chi connectivity index (χ0v) is 14.9. The van der Waals surface area contributed by atoms with Gasteiger partial charge in [-0.05, 0) is 30.7 Å². The van der Waals surface area contributed by atoms with Gasteiger partial charge in [-0.3, -0.25) is 19.6 Å². The fraction of sp³-hybridized carbons (Fsp3) is 0.200. The van der Waals surface area contributed by atoms with E-state index in [1.165, 1.54) is 12.4 Å². The fourth-order valence-electron chi connectivity index (χ4n) is 1.69. The van der Waals surface area contributed by atoms with Gasteiger partial charge < -0.3 is 21.0 Å². The molecule has 0 saturated heterocycles. The van der Waals surface area contributed by atoms with Crippen molar-refractivity contribution < 1.29 is 30.2 Å². The van der Waals surface area contributed by atoms with Crippen molar-refractivity contribution in [1.82, 2.24) is 20.6 Å². The third-order valence-corrected chi connectivity index (χ3v) is 2.77. The number of pyridine rings is 2. The molecule has 2 amide bonds. The topological polar surface area (TPSA) is 211 Å². The fourth-order valence-corrected chi connectivity index (χ4v) is 1.69. The molecule has 0 radical (unpaired) electrons. The van der Waals surface area contributed by atoms with Crippen LogP contribution in [0.3, 0.4) is 0 Å². The van der Waals surface area contributed by atoms with Crippen molar-refractivity contribution in [2.75, 3.05) is 13.1 Å². The lowest BCUT2D eigenvalue weighted by Crippen LogP contribution is -2.29. The lowest BCUT2D eigenvalue weighted by atomic mass is 10.2. The van der Waals surface area contributed by atoms with E-state index in [0.717, 1.165) is 0 Å². The summed E-state index contributed by atoms with van der Waals surface area (Å²) in [6.45, 7) is 0.974. The lowest BCUT2D eigenvalue weighted by molar-refractivity contribution is -0.742. The molecule has 0 spiro atoms. The predicted molar refractivity (Wildman–Crippen MR) is 95.3 cm³/mol. The molecule has 0 bridgehead atoms. The van der Waals surface area contributed by atoms with E-state index in [0.29, 0.717) is 30.6 Å². The van der Waals surface area contributed by atoms with E-state index >= 15 is 0 Å². The molecule has 0 aliphatic rings. The molecule has 0 aromatic carbocycles. The minimum absolute atomic E-state index is 0.165. The Morgan fingerprint density at radius 3 is 1.48 bits per heavy atom. The number of nitrogens with zero attached hydrogens (tertiary/aromatic N) is 4. The molecule has 0 atom stereocenters. The number of hydrogen-bond acceptors (Lipinski definition) is 8. The molecule has 2 rings (SSSR count). The summed E-state index contributed by atoms with van der Waals surface area (Å²) in [5.41, 5.74) is 1.05. The van der Waals surface area contributed by atoms with Crippen LogP contribution in [-0.2, 0) is 0 Å². The van der Waals surface area contributed by atoms with E-state index in [4.69, 9.17) is 30.6 Å². The zero-order chi connectivity index (χ0) is 22.1. The van der Waals surface area contributed by atoms with Crippen LogP contribution in [0, 0.1) is 20.2 Å². The van der Waals surface area contributed by atoms with Gasteiger partial charge in [-0.1, -0.05) is 0 Å². The van der Waals surface area contributed by atoms with Gasteiger partial charge in [-0.2, -0.15) is 0 Å². The summed E-state index contributed by atoms with van der Waals surface area (Å²) in [4.78, 5) is 47.9. The summed E-state index contributed by atoms with van der Waals surface area (Å²) in [6.07, 6.45) is 6.91. The molecule has 0 unspecified atom stereocenters. The Balaban J connectivity index is 0.000000837. The van der Waals surface area contributed by atoms with Crippen LogP contribution in [0.4, 0.5) is 0 Å². The molecule has 0 aliphatic carbocycles. The van der Waals surface area contributed by atoms with Crippen molar-refractivity contribution in [1.29, 1.82) is 0 Å². The second-order valence-electron chi connectivity index (χ2n) is 4.82. The monoisotopic (exact) mass is 410 g/mol. The minimum Gasteiger partial charge on any atom is -0.352 e. The summed E-state index contributed by atoms with van der Waals surface area (Å²) >= 11 is 0. The van der Waals surface area contributed by atoms with Gasteiger partial charge in [-0.25, -0.2) is 0 Å².